The monoisotopic (exact) mass is 890 g/mol. The molecule has 2 aliphatic heterocycles. The molecule has 5 N–H and O–H groups in total. The summed E-state index contributed by atoms with van der Waals surface area (Å²) in [5, 5.41) is 27.6. The van der Waals surface area contributed by atoms with E-state index in [9.17, 15) is 5.11 Å². The van der Waals surface area contributed by atoms with Crippen molar-refractivity contribution in [1.29, 1.82) is 0 Å². The number of halogens is 2. The van der Waals surface area contributed by atoms with Gasteiger partial charge in [-0.1, -0.05) is 71.7 Å². The van der Waals surface area contributed by atoms with Gasteiger partial charge in [0.1, 0.15) is 23.1 Å². The molecule has 4 aromatic carbocycles. The summed E-state index contributed by atoms with van der Waals surface area (Å²) in [6.07, 6.45) is 4.53. The maximum absolute atomic E-state index is 9.86. The molecule has 2 aliphatic rings. The van der Waals surface area contributed by atoms with Crippen molar-refractivity contribution >= 4 is 68.0 Å². The Bertz CT molecular complexity index is 2470. The highest BCUT2D eigenvalue weighted by atomic mass is 35.5. The highest BCUT2D eigenvalue weighted by molar-refractivity contribution is 6.32. The molecule has 0 amide bonds. The molecule has 0 atom stereocenters. The lowest BCUT2D eigenvalue weighted by Crippen LogP contribution is -2.49. The number of rotatable bonds is 11. The van der Waals surface area contributed by atoms with E-state index in [1.165, 1.54) is 22.1 Å². The van der Waals surface area contributed by atoms with Crippen LogP contribution < -0.4 is 35.8 Å². The predicted molar refractivity (Wildman–Crippen MR) is 266 cm³/mol. The van der Waals surface area contributed by atoms with Crippen molar-refractivity contribution in [3.63, 3.8) is 0 Å². The molecule has 0 saturated carbocycles. The number of pyridine rings is 2. The molecule has 2 saturated heterocycles. The van der Waals surface area contributed by atoms with Gasteiger partial charge >= 0.3 is 0 Å². The smallest absolute Gasteiger partial charge is 0.137 e. The van der Waals surface area contributed by atoms with Crippen molar-refractivity contribution in [1.82, 2.24) is 20.6 Å². The fraction of sp³-hybridized carbons (Fsp3) is 0.412. The number of nitrogens with zero attached hydrogens (tertiary/aromatic N) is 4. The Morgan fingerprint density at radius 3 is 1.46 bits per heavy atom. The van der Waals surface area contributed by atoms with Gasteiger partial charge in [0.25, 0.3) is 0 Å². The van der Waals surface area contributed by atoms with Crippen LogP contribution in [0.25, 0.3) is 21.8 Å². The number of phenolic OH excluding ortho intramolecular Hbond substituents is 1. The molecule has 12 heteroatoms. The molecule has 2 fully saturated rings. The number of fused-ring (bicyclic) bond motifs is 2. The van der Waals surface area contributed by atoms with Crippen LogP contribution in [0.2, 0.25) is 10.0 Å². The van der Waals surface area contributed by atoms with Crippen LogP contribution in [0, 0.1) is 0 Å². The number of hydrogen-bond acceptors (Lipinski definition) is 10. The van der Waals surface area contributed by atoms with E-state index < -0.39 is 0 Å². The average molecular weight is 892 g/mol. The SMILES string of the molecule is CC(C)(C)NC1CCN(c2cc(NCc3ccc(Cl)c(O)c3)nc3ccccc23)CC1.COc1cc(CNc2cc(N3CCC(NC(C)(C)C)CC3)c3ccccc3n2)ccc1Cl. The molecule has 63 heavy (non-hydrogen) atoms. The first kappa shape index (κ1) is 46.0. The Balaban J connectivity index is 0.000000189. The summed E-state index contributed by atoms with van der Waals surface area (Å²) < 4.78 is 5.35. The molecule has 0 bridgehead atoms. The van der Waals surface area contributed by atoms with Gasteiger partial charge in [0, 0.05) is 96.7 Å². The number of hydrogen-bond donors (Lipinski definition) is 5. The summed E-state index contributed by atoms with van der Waals surface area (Å²) in [4.78, 5) is 14.7. The number of phenols is 1. The van der Waals surface area contributed by atoms with Crippen LogP contribution in [0.15, 0.2) is 97.1 Å². The molecule has 4 heterocycles. The molecule has 0 radical (unpaired) electrons. The van der Waals surface area contributed by atoms with Gasteiger partial charge in [0.15, 0.2) is 0 Å². The predicted octanol–water partition coefficient (Wildman–Crippen LogP) is 11.4. The molecule has 334 valence electrons. The number of anilines is 4. The number of aromatic hydroxyl groups is 1. The van der Waals surface area contributed by atoms with Crippen LogP contribution in [0.1, 0.15) is 78.4 Å². The highest BCUT2D eigenvalue weighted by Gasteiger charge is 2.26. The summed E-state index contributed by atoms with van der Waals surface area (Å²) in [6, 6.07) is 33.3. The highest BCUT2D eigenvalue weighted by Crippen LogP contribution is 2.34. The third kappa shape index (κ3) is 12.6. The normalized spacial score (nSPS) is 15.3. The maximum atomic E-state index is 9.86. The molecule has 10 nitrogen and oxygen atoms in total. The lowest BCUT2D eigenvalue weighted by molar-refractivity contribution is 0.317. The van der Waals surface area contributed by atoms with Gasteiger partial charge in [-0.15, -0.1) is 0 Å². The minimum Gasteiger partial charge on any atom is -0.506 e. The lowest BCUT2D eigenvalue weighted by Gasteiger charge is -2.37. The molecular weight excluding hydrogens is 828 g/mol. The third-order valence-corrected chi connectivity index (χ3v) is 12.1. The number of benzene rings is 4. The van der Waals surface area contributed by atoms with Crippen LogP contribution in [-0.4, -0.2) is 71.5 Å². The fourth-order valence-electron chi connectivity index (χ4n) is 8.64. The standard InChI is InChI=1S/C26H33ClN4O.C25H31ClN4O/c1-26(2,3)30-19-11-13-31(14-12-19)23-16-25(29-22-8-6-5-7-20(22)23)28-17-18-9-10-21(27)24(15-18)32-4;1-25(2,3)29-18-10-12-30(13-11-18)22-15-24(28-21-7-5-4-6-19(21)22)27-16-17-8-9-20(26)23(31)14-17/h5-10,15-16,19,30H,11-14,17H2,1-4H3,(H,28,29);4-9,14-15,18,29,31H,10-13,16H2,1-3H3,(H,27,28). The quantitative estimate of drug-likeness (QED) is 0.0863. The van der Waals surface area contributed by atoms with Crippen molar-refractivity contribution in [2.24, 2.45) is 0 Å². The first-order valence-electron chi connectivity index (χ1n) is 22.2. The van der Waals surface area contributed by atoms with Gasteiger partial charge < -0.3 is 40.9 Å². The van der Waals surface area contributed by atoms with Crippen LogP contribution in [-0.2, 0) is 13.1 Å². The van der Waals surface area contributed by atoms with Gasteiger partial charge in [-0.3, -0.25) is 0 Å². The van der Waals surface area contributed by atoms with E-state index in [0.717, 1.165) is 85.7 Å². The van der Waals surface area contributed by atoms with Crippen molar-refractivity contribution in [2.75, 3.05) is 53.7 Å². The second-order valence-corrected chi connectivity index (χ2v) is 19.7. The van der Waals surface area contributed by atoms with Gasteiger partial charge in [-0.05, 0) is 115 Å². The lowest BCUT2D eigenvalue weighted by atomic mass is 9.99. The van der Waals surface area contributed by atoms with Gasteiger partial charge in [-0.25, -0.2) is 9.97 Å². The molecule has 8 rings (SSSR count). The first-order valence-corrected chi connectivity index (χ1v) is 23.0. The zero-order valence-corrected chi connectivity index (χ0v) is 39.4. The van der Waals surface area contributed by atoms with Gasteiger partial charge in [0.05, 0.1) is 28.2 Å². The van der Waals surface area contributed by atoms with E-state index in [1.54, 1.807) is 19.2 Å². The van der Waals surface area contributed by atoms with E-state index >= 15 is 0 Å². The largest absolute Gasteiger partial charge is 0.506 e. The summed E-state index contributed by atoms with van der Waals surface area (Å²) >= 11 is 12.1. The zero-order chi connectivity index (χ0) is 44.7. The molecule has 0 aliphatic carbocycles. The van der Waals surface area contributed by atoms with Crippen LogP contribution in [0.5, 0.6) is 11.5 Å². The fourth-order valence-corrected chi connectivity index (χ4v) is 8.95. The van der Waals surface area contributed by atoms with Gasteiger partial charge in [-0.2, -0.15) is 0 Å². The minimum atomic E-state index is 0.0971. The Labute approximate surface area is 383 Å². The molecule has 2 aromatic heterocycles. The zero-order valence-electron chi connectivity index (χ0n) is 37.9. The van der Waals surface area contributed by atoms with Crippen molar-refractivity contribution < 1.29 is 9.84 Å². The van der Waals surface area contributed by atoms with E-state index in [-0.39, 0.29) is 16.8 Å². The number of piperidine rings is 2. The number of nitrogens with one attached hydrogen (secondary N) is 4. The number of ether oxygens (including phenoxy) is 1. The summed E-state index contributed by atoms with van der Waals surface area (Å²) in [7, 11) is 1.63. The average Bonchev–Trinajstić information content (AvgIpc) is 3.25. The van der Waals surface area contributed by atoms with Gasteiger partial charge in [0.2, 0.25) is 0 Å². The maximum Gasteiger partial charge on any atom is 0.137 e. The second-order valence-electron chi connectivity index (χ2n) is 18.9. The summed E-state index contributed by atoms with van der Waals surface area (Å²) in [5.41, 5.74) is 6.81. The van der Waals surface area contributed by atoms with Crippen LogP contribution in [0.3, 0.4) is 0 Å². The van der Waals surface area contributed by atoms with Crippen molar-refractivity contribution in [2.45, 2.75) is 103 Å². The van der Waals surface area contributed by atoms with E-state index in [4.69, 9.17) is 37.9 Å². The molecule has 6 aromatic rings. The topological polar surface area (TPSA) is 110 Å². The molecular formula is C51H64Cl2N8O2. The number of methoxy groups -OCH3 is 1. The van der Waals surface area contributed by atoms with Crippen LogP contribution >= 0.6 is 23.2 Å². The van der Waals surface area contributed by atoms with Crippen LogP contribution in [0.4, 0.5) is 23.0 Å². The Morgan fingerprint density at radius 1 is 0.603 bits per heavy atom. The number of aromatic nitrogens is 2. The number of para-hydroxylation sites is 2. The van der Waals surface area contributed by atoms with E-state index in [0.29, 0.717) is 41.0 Å². The Kier molecular flexibility index (Phi) is 14.8. The Morgan fingerprint density at radius 2 is 1.03 bits per heavy atom. The summed E-state index contributed by atoms with van der Waals surface area (Å²) in [6.45, 7) is 18.7. The van der Waals surface area contributed by atoms with E-state index in [2.05, 4.69) is 121 Å². The second kappa shape index (κ2) is 20.2. The summed E-state index contributed by atoms with van der Waals surface area (Å²) in [5.74, 6) is 2.49. The Hall–Kier alpha value is -5.00. The molecule has 0 unspecified atom stereocenters. The first-order chi connectivity index (χ1) is 30.1. The van der Waals surface area contributed by atoms with Crippen molar-refractivity contribution in [3.8, 4) is 11.5 Å². The van der Waals surface area contributed by atoms with E-state index in [1.807, 2.05) is 36.4 Å². The molecule has 0 spiro atoms. The van der Waals surface area contributed by atoms with Crippen molar-refractivity contribution in [3.05, 3.63) is 118 Å². The third-order valence-electron chi connectivity index (χ3n) is 11.5. The minimum absolute atomic E-state index is 0.0971.